The Morgan fingerprint density at radius 3 is 2.83 bits per heavy atom. The third-order valence-electron chi connectivity index (χ3n) is 2.96. The second-order valence-electron chi connectivity index (χ2n) is 4.52. The van der Waals surface area contributed by atoms with Crippen LogP contribution in [0.4, 0.5) is 0 Å². The maximum Gasteiger partial charge on any atom is 0.289 e. The van der Waals surface area contributed by atoms with Crippen LogP contribution in [0.25, 0.3) is 0 Å². The fourth-order valence-corrected chi connectivity index (χ4v) is 1.72. The van der Waals surface area contributed by atoms with Gasteiger partial charge < -0.3 is 10.6 Å². The first kappa shape index (κ1) is 12.7. The first-order valence-corrected chi connectivity index (χ1v) is 6.11. The largest absolute Gasteiger partial charge is 0.347 e. The van der Waals surface area contributed by atoms with Crippen molar-refractivity contribution in [2.45, 2.75) is 31.3 Å². The van der Waals surface area contributed by atoms with Crippen LogP contribution in [0.2, 0.25) is 0 Å². The zero-order valence-electron chi connectivity index (χ0n) is 10.3. The molecule has 1 atom stereocenters. The van der Waals surface area contributed by atoms with Gasteiger partial charge in [0.1, 0.15) is 0 Å². The Hall–Kier alpha value is -1.75. The van der Waals surface area contributed by atoms with Gasteiger partial charge in [0.25, 0.3) is 5.91 Å². The Labute approximate surface area is 106 Å². The predicted molar refractivity (Wildman–Crippen MR) is 67.0 cm³/mol. The molecule has 1 heterocycles. The van der Waals surface area contributed by atoms with E-state index in [1.54, 1.807) is 19.4 Å². The number of nitrogens with zero attached hydrogens (tertiary/aromatic N) is 1. The maximum absolute atomic E-state index is 11.9. The number of carbonyl (C=O) groups is 2. The Balaban J connectivity index is 1.94. The molecule has 1 unspecified atom stereocenters. The standard InChI is InChI=1S/C13H17N3O2/c1-14-11(7-9-3-2-6-15-8-9)12(17)13(18)16-10-4-5-10/h2-3,6,8,10-11,14H,4-5,7H2,1H3,(H,16,18). The third kappa shape index (κ3) is 3.37. The number of pyridine rings is 1. The topological polar surface area (TPSA) is 71.1 Å². The van der Waals surface area contributed by atoms with Crippen molar-refractivity contribution in [3.05, 3.63) is 30.1 Å². The number of carbonyl (C=O) groups excluding carboxylic acids is 2. The van der Waals surface area contributed by atoms with E-state index in [0.29, 0.717) is 6.42 Å². The van der Waals surface area contributed by atoms with Crippen LogP contribution in [0.1, 0.15) is 18.4 Å². The monoisotopic (exact) mass is 247 g/mol. The summed E-state index contributed by atoms with van der Waals surface area (Å²) in [6, 6.07) is 3.42. The molecule has 0 bridgehead atoms. The highest BCUT2D eigenvalue weighted by Gasteiger charge is 2.29. The average molecular weight is 247 g/mol. The molecule has 18 heavy (non-hydrogen) atoms. The van der Waals surface area contributed by atoms with Crippen molar-refractivity contribution in [2.24, 2.45) is 0 Å². The summed E-state index contributed by atoms with van der Waals surface area (Å²) >= 11 is 0. The molecule has 0 saturated heterocycles. The number of amides is 1. The van der Waals surface area contributed by atoms with Crippen molar-refractivity contribution in [3.8, 4) is 0 Å². The smallest absolute Gasteiger partial charge is 0.289 e. The Bertz CT molecular complexity index is 429. The van der Waals surface area contributed by atoms with E-state index >= 15 is 0 Å². The number of ketones is 1. The van der Waals surface area contributed by atoms with Crippen LogP contribution in [0.3, 0.4) is 0 Å². The zero-order chi connectivity index (χ0) is 13.0. The van der Waals surface area contributed by atoms with Crippen molar-refractivity contribution in [3.63, 3.8) is 0 Å². The van der Waals surface area contributed by atoms with Crippen LogP contribution in [0.15, 0.2) is 24.5 Å². The lowest BCUT2D eigenvalue weighted by molar-refractivity contribution is -0.139. The first-order chi connectivity index (χ1) is 8.70. The number of hydrogen-bond acceptors (Lipinski definition) is 4. The van der Waals surface area contributed by atoms with Gasteiger partial charge in [0.05, 0.1) is 6.04 Å². The summed E-state index contributed by atoms with van der Waals surface area (Å²) in [5.74, 6) is -0.894. The minimum Gasteiger partial charge on any atom is -0.347 e. The number of Topliss-reactive ketones (excluding diaryl/α,β-unsaturated/α-hetero) is 1. The summed E-state index contributed by atoms with van der Waals surface area (Å²) < 4.78 is 0. The highest BCUT2D eigenvalue weighted by molar-refractivity contribution is 6.38. The minimum atomic E-state index is -0.493. The van der Waals surface area contributed by atoms with Gasteiger partial charge in [-0.2, -0.15) is 0 Å². The lowest BCUT2D eigenvalue weighted by Gasteiger charge is -2.14. The molecule has 0 aromatic carbocycles. The molecule has 0 aliphatic heterocycles. The highest BCUT2D eigenvalue weighted by atomic mass is 16.2. The molecule has 0 spiro atoms. The number of rotatable bonds is 6. The first-order valence-electron chi connectivity index (χ1n) is 6.11. The fraction of sp³-hybridized carbons (Fsp3) is 0.462. The minimum absolute atomic E-state index is 0.206. The SMILES string of the molecule is CNC(Cc1cccnc1)C(=O)C(=O)NC1CC1. The Morgan fingerprint density at radius 2 is 2.28 bits per heavy atom. The fourth-order valence-electron chi connectivity index (χ4n) is 1.72. The van der Waals surface area contributed by atoms with Gasteiger partial charge in [-0.1, -0.05) is 6.07 Å². The van der Waals surface area contributed by atoms with Gasteiger partial charge in [-0.05, 0) is 37.9 Å². The van der Waals surface area contributed by atoms with Crippen LogP contribution in [-0.4, -0.2) is 35.8 Å². The molecular weight excluding hydrogens is 230 g/mol. The van der Waals surface area contributed by atoms with Gasteiger partial charge in [0, 0.05) is 18.4 Å². The van der Waals surface area contributed by atoms with E-state index in [4.69, 9.17) is 0 Å². The van der Waals surface area contributed by atoms with Crippen molar-refractivity contribution < 1.29 is 9.59 Å². The molecule has 1 aromatic heterocycles. The lowest BCUT2D eigenvalue weighted by atomic mass is 10.0. The third-order valence-corrected chi connectivity index (χ3v) is 2.96. The summed E-state index contributed by atoms with van der Waals surface area (Å²) in [7, 11) is 1.68. The van der Waals surface area contributed by atoms with Gasteiger partial charge in [-0.15, -0.1) is 0 Å². The van der Waals surface area contributed by atoms with E-state index in [-0.39, 0.29) is 6.04 Å². The zero-order valence-corrected chi connectivity index (χ0v) is 10.3. The van der Waals surface area contributed by atoms with Gasteiger partial charge in [-0.25, -0.2) is 0 Å². The molecule has 1 aliphatic carbocycles. The summed E-state index contributed by atoms with van der Waals surface area (Å²) in [6.45, 7) is 0. The molecule has 0 radical (unpaired) electrons. The molecular formula is C13H17N3O2. The van der Waals surface area contributed by atoms with E-state index in [1.807, 2.05) is 12.1 Å². The Kier molecular flexibility index (Phi) is 4.04. The molecule has 1 aromatic rings. The van der Waals surface area contributed by atoms with Gasteiger partial charge in [-0.3, -0.25) is 14.6 Å². The summed E-state index contributed by atoms with van der Waals surface area (Å²) in [6.07, 6.45) is 5.81. The van der Waals surface area contributed by atoms with Crippen LogP contribution >= 0.6 is 0 Å². The second-order valence-corrected chi connectivity index (χ2v) is 4.52. The molecule has 5 heteroatoms. The molecule has 2 rings (SSSR count). The van der Waals surface area contributed by atoms with E-state index in [9.17, 15) is 9.59 Å². The summed E-state index contributed by atoms with van der Waals surface area (Å²) in [5, 5.41) is 5.60. The van der Waals surface area contributed by atoms with E-state index in [0.717, 1.165) is 18.4 Å². The Morgan fingerprint density at radius 1 is 1.50 bits per heavy atom. The van der Waals surface area contributed by atoms with Gasteiger partial charge in [0.2, 0.25) is 5.78 Å². The molecule has 5 nitrogen and oxygen atoms in total. The van der Waals surface area contributed by atoms with Crippen molar-refractivity contribution in [1.82, 2.24) is 15.6 Å². The van der Waals surface area contributed by atoms with Gasteiger partial charge >= 0.3 is 0 Å². The average Bonchev–Trinajstić information content (AvgIpc) is 3.20. The van der Waals surface area contributed by atoms with Crippen LogP contribution in [0.5, 0.6) is 0 Å². The van der Waals surface area contributed by atoms with Crippen molar-refractivity contribution >= 4 is 11.7 Å². The number of hydrogen-bond donors (Lipinski definition) is 2. The number of nitrogens with one attached hydrogen (secondary N) is 2. The molecule has 96 valence electrons. The molecule has 1 aliphatic rings. The molecule has 1 saturated carbocycles. The normalized spacial score (nSPS) is 16.1. The van der Waals surface area contributed by atoms with Crippen molar-refractivity contribution in [1.29, 1.82) is 0 Å². The maximum atomic E-state index is 11.9. The number of likely N-dealkylation sites (N-methyl/N-ethyl adjacent to an activating group) is 1. The van der Waals surface area contributed by atoms with Crippen molar-refractivity contribution in [2.75, 3.05) is 7.05 Å². The molecule has 2 N–H and O–H groups in total. The highest BCUT2D eigenvalue weighted by Crippen LogP contribution is 2.18. The van der Waals surface area contributed by atoms with Gasteiger partial charge in [0.15, 0.2) is 0 Å². The summed E-state index contributed by atoms with van der Waals surface area (Å²) in [5.41, 5.74) is 0.935. The second kappa shape index (κ2) is 5.73. The number of aromatic nitrogens is 1. The van der Waals surface area contributed by atoms with Crippen LogP contribution in [-0.2, 0) is 16.0 Å². The molecule has 1 amide bonds. The van der Waals surface area contributed by atoms with E-state index in [2.05, 4.69) is 15.6 Å². The van der Waals surface area contributed by atoms with Crippen LogP contribution < -0.4 is 10.6 Å². The quantitative estimate of drug-likeness (QED) is 0.697. The predicted octanol–water partition coefficient (Wildman–Crippen LogP) is 0.0598. The molecule has 1 fully saturated rings. The lowest BCUT2D eigenvalue weighted by Crippen LogP contribution is -2.45. The van der Waals surface area contributed by atoms with E-state index < -0.39 is 17.7 Å². The summed E-state index contributed by atoms with van der Waals surface area (Å²) in [4.78, 5) is 27.6. The van der Waals surface area contributed by atoms with Crippen LogP contribution in [0, 0.1) is 0 Å². The van der Waals surface area contributed by atoms with E-state index in [1.165, 1.54) is 0 Å².